The fraction of sp³-hybridized carbons (Fsp3) is 0.538. The Kier molecular flexibility index (Phi) is 4.63. The second-order valence-electron chi connectivity index (χ2n) is 4.40. The second-order valence-corrected chi connectivity index (χ2v) is 4.40. The molecule has 1 rings (SSSR count). The van der Waals surface area contributed by atoms with Crippen molar-refractivity contribution in [2.24, 2.45) is 0 Å². The van der Waals surface area contributed by atoms with E-state index in [9.17, 15) is 0 Å². The quantitative estimate of drug-likeness (QED) is 0.744. The highest BCUT2D eigenvalue weighted by Gasteiger charge is 2.11. The molecule has 0 heterocycles. The number of para-hydroxylation sites is 1. The molecule has 0 aliphatic heterocycles. The molecule has 0 bridgehead atoms. The van der Waals surface area contributed by atoms with Gasteiger partial charge in [0.05, 0.1) is 6.67 Å². The molecule has 15 heavy (non-hydrogen) atoms. The second kappa shape index (κ2) is 5.76. The highest BCUT2D eigenvalue weighted by Crippen LogP contribution is 2.08. The Morgan fingerprint density at radius 1 is 1.00 bits per heavy atom. The third-order valence-electron chi connectivity index (χ3n) is 2.57. The van der Waals surface area contributed by atoms with Crippen molar-refractivity contribution in [2.45, 2.75) is 39.8 Å². The van der Waals surface area contributed by atoms with E-state index < -0.39 is 0 Å². The summed E-state index contributed by atoms with van der Waals surface area (Å²) in [5, 5.41) is 3.43. The Morgan fingerprint density at radius 3 is 2.00 bits per heavy atom. The van der Waals surface area contributed by atoms with Crippen LogP contribution in [0.4, 0.5) is 5.69 Å². The molecule has 0 spiro atoms. The van der Waals surface area contributed by atoms with Crippen molar-refractivity contribution < 1.29 is 0 Å². The normalized spacial score (nSPS) is 11.4. The Hall–Kier alpha value is -1.02. The molecule has 0 radical (unpaired) electrons. The fourth-order valence-corrected chi connectivity index (χ4v) is 1.70. The van der Waals surface area contributed by atoms with Crippen LogP contribution in [0.25, 0.3) is 0 Å². The highest BCUT2D eigenvalue weighted by molar-refractivity contribution is 5.42. The molecule has 1 aromatic carbocycles. The van der Waals surface area contributed by atoms with Crippen LogP contribution in [0.5, 0.6) is 0 Å². The summed E-state index contributed by atoms with van der Waals surface area (Å²) in [5.41, 5.74) is 1.18. The van der Waals surface area contributed by atoms with Crippen LogP contribution in [0.15, 0.2) is 30.3 Å². The van der Waals surface area contributed by atoms with Gasteiger partial charge in [0.15, 0.2) is 0 Å². The Balaban J connectivity index is 2.47. The van der Waals surface area contributed by atoms with E-state index in [4.69, 9.17) is 0 Å². The van der Waals surface area contributed by atoms with E-state index >= 15 is 0 Å². The molecular formula is C13H22N2. The van der Waals surface area contributed by atoms with Crippen LogP contribution in [0.2, 0.25) is 0 Å². The maximum atomic E-state index is 3.43. The van der Waals surface area contributed by atoms with E-state index in [-0.39, 0.29) is 0 Å². The molecule has 0 aromatic heterocycles. The van der Waals surface area contributed by atoms with Crippen LogP contribution in [-0.4, -0.2) is 23.7 Å². The molecule has 1 aromatic rings. The summed E-state index contributed by atoms with van der Waals surface area (Å²) in [4.78, 5) is 2.42. The van der Waals surface area contributed by atoms with Gasteiger partial charge in [-0.15, -0.1) is 0 Å². The number of hydrogen-bond acceptors (Lipinski definition) is 2. The Morgan fingerprint density at radius 2 is 1.53 bits per heavy atom. The van der Waals surface area contributed by atoms with Gasteiger partial charge in [0.25, 0.3) is 0 Å². The summed E-state index contributed by atoms with van der Waals surface area (Å²) in [5.74, 6) is 0. The average Bonchev–Trinajstić information content (AvgIpc) is 2.18. The number of anilines is 1. The van der Waals surface area contributed by atoms with Crippen LogP contribution < -0.4 is 5.32 Å². The number of hydrogen-bond donors (Lipinski definition) is 1. The van der Waals surface area contributed by atoms with Crippen LogP contribution in [0, 0.1) is 0 Å². The molecule has 0 saturated carbocycles. The van der Waals surface area contributed by atoms with E-state index in [0.29, 0.717) is 12.1 Å². The van der Waals surface area contributed by atoms with Crippen molar-refractivity contribution in [2.75, 3.05) is 12.0 Å². The summed E-state index contributed by atoms with van der Waals surface area (Å²) in [6.45, 7) is 9.82. The topological polar surface area (TPSA) is 15.3 Å². The zero-order valence-corrected chi connectivity index (χ0v) is 10.2. The Labute approximate surface area is 93.3 Å². The number of nitrogens with zero attached hydrogens (tertiary/aromatic N) is 1. The SMILES string of the molecule is CC(C)N(CNc1ccccc1)C(C)C. The number of benzene rings is 1. The van der Waals surface area contributed by atoms with Crippen LogP contribution in [-0.2, 0) is 0 Å². The lowest BCUT2D eigenvalue weighted by atomic mass is 10.2. The van der Waals surface area contributed by atoms with Gasteiger partial charge in [-0.3, -0.25) is 4.90 Å². The lowest BCUT2D eigenvalue weighted by molar-refractivity contribution is 0.189. The van der Waals surface area contributed by atoms with Gasteiger partial charge >= 0.3 is 0 Å². The predicted octanol–water partition coefficient (Wildman–Crippen LogP) is 3.17. The molecule has 2 heteroatoms. The molecule has 0 unspecified atom stereocenters. The average molecular weight is 206 g/mol. The summed E-state index contributed by atoms with van der Waals surface area (Å²) in [6, 6.07) is 11.5. The van der Waals surface area contributed by atoms with Crippen molar-refractivity contribution in [1.29, 1.82) is 0 Å². The molecule has 84 valence electrons. The minimum Gasteiger partial charge on any atom is -0.372 e. The van der Waals surface area contributed by atoms with Gasteiger partial charge in [0, 0.05) is 17.8 Å². The monoisotopic (exact) mass is 206 g/mol. The first-order chi connectivity index (χ1) is 7.11. The summed E-state index contributed by atoms with van der Waals surface area (Å²) < 4.78 is 0. The third kappa shape index (κ3) is 3.92. The zero-order valence-electron chi connectivity index (χ0n) is 10.2. The van der Waals surface area contributed by atoms with Crippen LogP contribution in [0.3, 0.4) is 0 Å². The lowest BCUT2D eigenvalue weighted by Crippen LogP contribution is -2.40. The molecule has 0 aliphatic rings. The molecule has 2 nitrogen and oxygen atoms in total. The highest BCUT2D eigenvalue weighted by atomic mass is 15.3. The molecule has 0 fully saturated rings. The lowest BCUT2D eigenvalue weighted by Gasteiger charge is -2.30. The molecule has 0 atom stereocenters. The molecule has 0 saturated heterocycles. The standard InChI is InChI=1S/C13H22N2/c1-11(2)15(12(3)4)10-14-13-8-6-5-7-9-13/h5-9,11-12,14H,10H2,1-4H3. The minimum absolute atomic E-state index is 0.571. The fourth-order valence-electron chi connectivity index (χ4n) is 1.70. The smallest absolute Gasteiger partial charge is 0.0682 e. The summed E-state index contributed by atoms with van der Waals surface area (Å²) >= 11 is 0. The van der Waals surface area contributed by atoms with Gasteiger partial charge in [-0.1, -0.05) is 18.2 Å². The van der Waals surface area contributed by atoms with Gasteiger partial charge in [-0.25, -0.2) is 0 Å². The molecular weight excluding hydrogens is 184 g/mol. The molecule has 0 amide bonds. The van der Waals surface area contributed by atoms with Crippen molar-refractivity contribution in [3.8, 4) is 0 Å². The van der Waals surface area contributed by atoms with E-state index in [2.05, 4.69) is 62.2 Å². The van der Waals surface area contributed by atoms with Crippen molar-refractivity contribution in [1.82, 2.24) is 4.90 Å². The predicted molar refractivity (Wildman–Crippen MR) is 67.0 cm³/mol. The van der Waals surface area contributed by atoms with E-state index in [1.807, 2.05) is 6.07 Å². The summed E-state index contributed by atoms with van der Waals surface area (Å²) in [7, 11) is 0. The van der Waals surface area contributed by atoms with Crippen LogP contribution in [0.1, 0.15) is 27.7 Å². The van der Waals surface area contributed by atoms with E-state index in [0.717, 1.165) is 6.67 Å². The van der Waals surface area contributed by atoms with Gasteiger partial charge < -0.3 is 5.32 Å². The van der Waals surface area contributed by atoms with Crippen molar-refractivity contribution in [3.63, 3.8) is 0 Å². The number of rotatable bonds is 5. The van der Waals surface area contributed by atoms with Gasteiger partial charge in [0.2, 0.25) is 0 Å². The van der Waals surface area contributed by atoms with Gasteiger partial charge in [-0.05, 0) is 39.8 Å². The van der Waals surface area contributed by atoms with Crippen molar-refractivity contribution >= 4 is 5.69 Å². The first-order valence-corrected chi connectivity index (χ1v) is 5.66. The van der Waals surface area contributed by atoms with Crippen molar-refractivity contribution in [3.05, 3.63) is 30.3 Å². The van der Waals surface area contributed by atoms with E-state index in [1.54, 1.807) is 0 Å². The zero-order chi connectivity index (χ0) is 11.3. The maximum Gasteiger partial charge on any atom is 0.0682 e. The van der Waals surface area contributed by atoms with Crippen LogP contribution >= 0.6 is 0 Å². The van der Waals surface area contributed by atoms with Gasteiger partial charge in [0.1, 0.15) is 0 Å². The van der Waals surface area contributed by atoms with Gasteiger partial charge in [-0.2, -0.15) is 0 Å². The van der Waals surface area contributed by atoms with E-state index in [1.165, 1.54) is 5.69 Å². The Bertz CT molecular complexity index is 259. The largest absolute Gasteiger partial charge is 0.372 e. The third-order valence-corrected chi connectivity index (χ3v) is 2.57. The molecule has 1 N–H and O–H groups in total. The first-order valence-electron chi connectivity index (χ1n) is 5.66. The number of nitrogens with one attached hydrogen (secondary N) is 1. The first kappa shape index (κ1) is 12.1. The minimum atomic E-state index is 0.571. The summed E-state index contributed by atoms with van der Waals surface area (Å²) in [6.07, 6.45) is 0. The maximum absolute atomic E-state index is 3.43. The molecule has 0 aliphatic carbocycles.